The highest BCUT2D eigenvalue weighted by atomic mass is 19.1. The van der Waals surface area contributed by atoms with Gasteiger partial charge in [-0.25, -0.2) is 13.8 Å². The number of halogens is 2. The Balaban J connectivity index is 1.64. The minimum atomic E-state index is -0.423. The van der Waals surface area contributed by atoms with E-state index < -0.39 is 11.6 Å². The molecule has 128 valence electrons. The summed E-state index contributed by atoms with van der Waals surface area (Å²) in [4.78, 5) is 9.09. The molecule has 1 aromatic carbocycles. The van der Waals surface area contributed by atoms with Crippen molar-refractivity contribution in [3.63, 3.8) is 0 Å². The standard InChI is InChI=1S/C18H22F2N4/c1-23-7-9-24(10-8-23)18-14(3-2-6-22-18)12-21-13-15-11-16(19)4-5-17(15)20/h2-6,11,21H,7-10,12-13H2,1H3. The maximum Gasteiger partial charge on any atom is 0.133 e. The van der Waals surface area contributed by atoms with E-state index in [4.69, 9.17) is 0 Å². The Bertz CT molecular complexity index is 684. The van der Waals surface area contributed by atoms with Gasteiger partial charge in [0.15, 0.2) is 0 Å². The van der Waals surface area contributed by atoms with Gasteiger partial charge in [-0.1, -0.05) is 6.07 Å². The number of benzene rings is 1. The molecule has 6 heteroatoms. The first-order valence-electron chi connectivity index (χ1n) is 8.15. The molecule has 2 heterocycles. The van der Waals surface area contributed by atoms with Gasteiger partial charge in [-0.15, -0.1) is 0 Å². The number of anilines is 1. The topological polar surface area (TPSA) is 31.4 Å². The van der Waals surface area contributed by atoms with Crippen LogP contribution in [0.3, 0.4) is 0 Å². The lowest BCUT2D eigenvalue weighted by Crippen LogP contribution is -2.45. The zero-order valence-corrected chi connectivity index (χ0v) is 13.8. The van der Waals surface area contributed by atoms with Gasteiger partial charge in [0.1, 0.15) is 17.5 Å². The number of piperazine rings is 1. The van der Waals surface area contributed by atoms with E-state index in [2.05, 4.69) is 27.1 Å². The van der Waals surface area contributed by atoms with Gasteiger partial charge in [-0.3, -0.25) is 0 Å². The Morgan fingerprint density at radius 3 is 2.58 bits per heavy atom. The van der Waals surface area contributed by atoms with Crippen molar-refractivity contribution in [1.29, 1.82) is 0 Å². The number of hydrogen-bond acceptors (Lipinski definition) is 4. The van der Waals surface area contributed by atoms with Crippen LogP contribution in [0.2, 0.25) is 0 Å². The molecule has 3 rings (SSSR count). The molecule has 2 aromatic rings. The molecule has 1 fully saturated rings. The summed E-state index contributed by atoms with van der Waals surface area (Å²) in [5.74, 6) is 0.153. The molecule has 0 spiro atoms. The number of rotatable bonds is 5. The zero-order chi connectivity index (χ0) is 16.9. The number of hydrogen-bond donors (Lipinski definition) is 1. The fourth-order valence-electron chi connectivity index (χ4n) is 2.88. The average Bonchev–Trinajstić information content (AvgIpc) is 2.59. The smallest absolute Gasteiger partial charge is 0.133 e. The molecule has 4 nitrogen and oxygen atoms in total. The molecule has 0 atom stereocenters. The number of pyridine rings is 1. The van der Waals surface area contributed by atoms with Gasteiger partial charge in [-0.2, -0.15) is 0 Å². The predicted molar refractivity (Wildman–Crippen MR) is 90.8 cm³/mol. The molecular weight excluding hydrogens is 310 g/mol. The normalized spacial score (nSPS) is 15.7. The Morgan fingerprint density at radius 2 is 1.79 bits per heavy atom. The molecule has 24 heavy (non-hydrogen) atoms. The lowest BCUT2D eigenvalue weighted by Gasteiger charge is -2.34. The monoisotopic (exact) mass is 332 g/mol. The van der Waals surface area contributed by atoms with Gasteiger partial charge in [0.05, 0.1) is 0 Å². The quantitative estimate of drug-likeness (QED) is 0.911. The molecule has 0 unspecified atom stereocenters. The van der Waals surface area contributed by atoms with E-state index in [1.807, 2.05) is 12.1 Å². The van der Waals surface area contributed by atoms with E-state index in [-0.39, 0.29) is 6.54 Å². The van der Waals surface area contributed by atoms with Crippen molar-refractivity contribution < 1.29 is 8.78 Å². The van der Waals surface area contributed by atoms with Crippen molar-refractivity contribution in [2.45, 2.75) is 13.1 Å². The molecule has 1 aromatic heterocycles. The van der Waals surface area contributed by atoms with E-state index in [1.165, 1.54) is 6.07 Å². The van der Waals surface area contributed by atoms with Crippen molar-refractivity contribution >= 4 is 5.82 Å². The molecule has 1 saturated heterocycles. The lowest BCUT2D eigenvalue weighted by molar-refractivity contribution is 0.311. The number of likely N-dealkylation sites (N-methyl/N-ethyl adjacent to an activating group) is 1. The largest absolute Gasteiger partial charge is 0.354 e. The lowest BCUT2D eigenvalue weighted by atomic mass is 10.2. The minimum Gasteiger partial charge on any atom is -0.354 e. The number of aromatic nitrogens is 1. The highest BCUT2D eigenvalue weighted by Crippen LogP contribution is 2.19. The number of nitrogens with one attached hydrogen (secondary N) is 1. The molecular formula is C18H22F2N4. The molecule has 1 aliphatic heterocycles. The van der Waals surface area contributed by atoms with Crippen LogP contribution in [-0.4, -0.2) is 43.1 Å². The number of nitrogens with zero attached hydrogens (tertiary/aromatic N) is 3. The Morgan fingerprint density at radius 1 is 1.04 bits per heavy atom. The maximum absolute atomic E-state index is 13.7. The summed E-state index contributed by atoms with van der Waals surface area (Å²) in [6.07, 6.45) is 1.80. The SMILES string of the molecule is CN1CCN(c2ncccc2CNCc2cc(F)ccc2F)CC1. The summed E-state index contributed by atoms with van der Waals surface area (Å²) in [5, 5.41) is 3.19. The van der Waals surface area contributed by atoms with Gasteiger partial charge >= 0.3 is 0 Å². The van der Waals surface area contributed by atoms with Crippen LogP contribution in [0.1, 0.15) is 11.1 Å². The average molecular weight is 332 g/mol. The van der Waals surface area contributed by atoms with Crippen molar-refractivity contribution in [2.75, 3.05) is 38.1 Å². The highest BCUT2D eigenvalue weighted by Gasteiger charge is 2.17. The maximum atomic E-state index is 13.7. The fourth-order valence-corrected chi connectivity index (χ4v) is 2.88. The Kier molecular flexibility index (Phi) is 5.37. The fraction of sp³-hybridized carbons (Fsp3) is 0.389. The van der Waals surface area contributed by atoms with E-state index in [9.17, 15) is 8.78 Å². The zero-order valence-electron chi connectivity index (χ0n) is 13.8. The molecule has 0 saturated carbocycles. The van der Waals surface area contributed by atoms with Crippen LogP contribution >= 0.6 is 0 Å². The van der Waals surface area contributed by atoms with Gasteiger partial charge in [0.25, 0.3) is 0 Å². The highest BCUT2D eigenvalue weighted by molar-refractivity contribution is 5.47. The predicted octanol–water partition coefficient (Wildman–Crippen LogP) is 2.40. The molecule has 0 aliphatic carbocycles. The molecule has 0 bridgehead atoms. The third kappa shape index (κ3) is 4.07. The van der Waals surface area contributed by atoms with Gasteiger partial charge in [-0.05, 0) is 31.3 Å². The van der Waals surface area contributed by atoms with E-state index in [0.29, 0.717) is 12.1 Å². The van der Waals surface area contributed by atoms with Gasteiger partial charge in [0, 0.05) is 56.6 Å². The second kappa shape index (κ2) is 7.68. The van der Waals surface area contributed by atoms with Crippen molar-refractivity contribution in [1.82, 2.24) is 15.2 Å². The molecule has 0 radical (unpaired) electrons. The molecule has 1 aliphatic rings. The second-order valence-electron chi connectivity index (χ2n) is 6.12. The third-order valence-electron chi connectivity index (χ3n) is 4.31. The summed E-state index contributed by atoms with van der Waals surface area (Å²) in [7, 11) is 2.12. The minimum absolute atomic E-state index is 0.278. The molecule has 1 N–H and O–H groups in total. The summed E-state index contributed by atoms with van der Waals surface area (Å²) in [5.41, 5.74) is 1.40. The summed E-state index contributed by atoms with van der Waals surface area (Å²) in [6.45, 7) is 4.75. The van der Waals surface area contributed by atoms with Crippen LogP contribution in [0.5, 0.6) is 0 Å². The van der Waals surface area contributed by atoms with Crippen LogP contribution in [0.15, 0.2) is 36.5 Å². The first kappa shape index (κ1) is 16.8. The summed E-state index contributed by atoms with van der Waals surface area (Å²) < 4.78 is 26.9. The van der Waals surface area contributed by atoms with Gasteiger partial charge in [0.2, 0.25) is 0 Å². The van der Waals surface area contributed by atoms with Crippen LogP contribution in [0.25, 0.3) is 0 Å². The van der Waals surface area contributed by atoms with Crippen LogP contribution < -0.4 is 10.2 Å². The van der Waals surface area contributed by atoms with Gasteiger partial charge < -0.3 is 15.1 Å². The third-order valence-corrected chi connectivity index (χ3v) is 4.31. The second-order valence-corrected chi connectivity index (χ2v) is 6.12. The summed E-state index contributed by atoms with van der Waals surface area (Å²) in [6, 6.07) is 7.44. The molecule has 0 amide bonds. The van der Waals surface area contributed by atoms with Crippen molar-refractivity contribution in [3.8, 4) is 0 Å². The van der Waals surface area contributed by atoms with E-state index in [0.717, 1.165) is 49.7 Å². The van der Waals surface area contributed by atoms with Crippen LogP contribution in [0, 0.1) is 11.6 Å². The first-order valence-corrected chi connectivity index (χ1v) is 8.15. The van der Waals surface area contributed by atoms with E-state index in [1.54, 1.807) is 6.20 Å². The van der Waals surface area contributed by atoms with Crippen molar-refractivity contribution in [2.24, 2.45) is 0 Å². The van der Waals surface area contributed by atoms with Crippen LogP contribution in [-0.2, 0) is 13.1 Å². The van der Waals surface area contributed by atoms with E-state index >= 15 is 0 Å². The summed E-state index contributed by atoms with van der Waals surface area (Å²) >= 11 is 0. The van der Waals surface area contributed by atoms with Crippen molar-refractivity contribution in [3.05, 3.63) is 59.3 Å². The first-order chi connectivity index (χ1) is 11.6. The van der Waals surface area contributed by atoms with Crippen LogP contribution in [0.4, 0.5) is 14.6 Å². The Labute approximate surface area is 141 Å². The Hall–Kier alpha value is -2.05.